The molecule has 0 radical (unpaired) electrons. The van der Waals surface area contributed by atoms with Crippen molar-refractivity contribution in [3.8, 4) is 0 Å². The van der Waals surface area contributed by atoms with Gasteiger partial charge in [0.05, 0.1) is 5.56 Å². The standard InChI is InChI=1S/C17H16F3N3O/c1-9-7-14(12-5-4-6-13(8-12)17(18,19)20)15(10(2)21-9)16-23-22-11(3)24-16/h4-8,14,21H,1-3H3. The number of nitrogens with zero attached hydrogens (tertiary/aromatic N) is 2. The van der Waals surface area contributed by atoms with Gasteiger partial charge in [0, 0.05) is 29.8 Å². The predicted molar refractivity (Wildman–Crippen MR) is 82.7 cm³/mol. The second kappa shape index (κ2) is 5.81. The van der Waals surface area contributed by atoms with E-state index in [2.05, 4.69) is 15.5 Å². The molecule has 0 bridgehead atoms. The molecule has 1 N–H and O–H groups in total. The van der Waals surface area contributed by atoms with E-state index in [0.717, 1.165) is 23.5 Å². The first-order valence-electron chi connectivity index (χ1n) is 7.39. The Kier molecular flexibility index (Phi) is 3.95. The fraction of sp³-hybridized carbons (Fsp3) is 0.294. The number of aryl methyl sites for hydroxylation is 1. The highest BCUT2D eigenvalue weighted by Gasteiger charge is 2.32. The number of nitrogens with one attached hydrogen (secondary N) is 1. The van der Waals surface area contributed by atoms with Gasteiger partial charge in [-0.05, 0) is 25.5 Å². The highest BCUT2D eigenvalue weighted by atomic mass is 19.4. The summed E-state index contributed by atoms with van der Waals surface area (Å²) in [5.41, 5.74) is 2.16. The largest absolute Gasteiger partial charge is 0.421 e. The van der Waals surface area contributed by atoms with E-state index < -0.39 is 17.7 Å². The Labute approximate surface area is 137 Å². The maximum atomic E-state index is 13.0. The topological polar surface area (TPSA) is 51.0 Å². The van der Waals surface area contributed by atoms with Crippen molar-refractivity contribution in [2.75, 3.05) is 0 Å². The highest BCUT2D eigenvalue weighted by Crippen LogP contribution is 2.39. The van der Waals surface area contributed by atoms with Crippen LogP contribution in [0.3, 0.4) is 0 Å². The average Bonchev–Trinajstić information content (AvgIpc) is 2.92. The van der Waals surface area contributed by atoms with Crippen LogP contribution >= 0.6 is 0 Å². The molecular formula is C17H16F3N3O. The van der Waals surface area contributed by atoms with E-state index in [1.807, 2.05) is 19.9 Å². The number of halogens is 3. The SMILES string of the molecule is CC1=CC(c2cccc(C(F)(F)F)c2)C(c2nnc(C)o2)=C(C)N1. The molecule has 7 heteroatoms. The van der Waals surface area contributed by atoms with Crippen molar-refractivity contribution in [2.45, 2.75) is 32.9 Å². The zero-order valence-corrected chi connectivity index (χ0v) is 13.4. The molecule has 0 aliphatic carbocycles. The van der Waals surface area contributed by atoms with E-state index in [0.29, 0.717) is 22.9 Å². The fourth-order valence-corrected chi connectivity index (χ4v) is 2.84. The van der Waals surface area contributed by atoms with Crippen molar-refractivity contribution >= 4 is 5.57 Å². The summed E-state index contributed by atoms with van der Waals surface area (Å²) in [5.74, 6) is 0.316. The van der Waals surface area contributed by atoms with Crippen molar-refractivity contribution < 1.29 is 17.6 Å². The number of alkyl halides is 3. The molecule has 0 saturated carbocycles. The molecule has 0 fully saturated rings. The summed E-state index contributed by atoms with van der Waals surface area (Å²) in [5, 5.41) is 11.0. The van der Waals surface area contributed by atoms with Crippen molar-refractivity contribution in [1.82, 2.24) is 15.5 Å². The summed E-state index contributed by atoms with van der Waals surface area (Å²) >= 11 is 0. The van der Waals surface area contributed by atoms with Gasteiger partial charge in [-0.3, -0.25) is 0 Å². The van der Waals surface area contributed by atoms with Crippen molar-refractivity contribution in [3.63, 3.8) is 0 Å². The highest BCUT2D eigenvalue weighted by molar-refractivity contribution is 5.72. The molecule has 126 valence electrons. The van der Waals surface area contributed by atoms with Gasteiger partial charge in [-0.1, -0.05) is 24.3 Å². The summed E-state index contributed by atoms with van der Waals surface area (Å²) in [7, 11) is 0. The Balaban J connectivity index is 2.11. The molecule has 1 aromatic carbocycles. The molecule has 1 aliphatic rings. The average molecular weight is 335 g/mol. The molecule has 0 amide bonds. The molecule has 1 aliphatic heterocycles. The van der Waals surface area contributed by atoms with Gasteiger partial charge >= 0.3 is 6.18 Å². The zero-order valence-electron chi connectivity index (χ0n) is 13.4. The minimum absolute atomic E-state index is 0.309. The van der Waals surface area contributed by atoms with E-state index in [9.17, 15) is 13.2 Å². The molecule has 1 aromatic heterocycles. The van der Waals surface area contributed by atoms with Crippen molar-refractivity contribution in [2.24, 2.45) is 0 Å². The molecule has 1 atom stereocenters. The Morgan fingerprint density at radius 1 is 1.12 bits per heavy atom. The van der Waals surface area contributed by atoms with E-state index >= 15 is 0 Å². The van der Waals surface area contributed by atoms with Crippen LogP contribution in [0.15, 0.2) is 46.2 Å². The first kappa shape index (κ1) is 16.3. The van der Waals surface area contributed by atoms with Crippen LogP contribution < -0.4 is 5.32 Å². The van der Waals surface area contributed by atoms with E-state index in [-0.39, 0.29) is 0 Å². The second-order valence-electron chi connectivity index (χ2n) is 5.74. The van der Waals surface area contributed by atoms with Gasteiger partial charge in [0.25, 0.3) is 0 Å². The third-order valence-corrected chi connectivity index (χ3v) is 3.85. The summed E-state index contributed by atoms with van der Waals surface area (Å²) in [6.45, 7) is 5.37. The molecule has 2 heterocycles. The number of allylic oxidation sites excluding steroid dienone is 4. The van der Waals surface area contributed by atoms with Gasteiger partial charge in [0.1, 0.15) is 0 Å². The van der Waals surface area contributed by atoms with Crippen LogP contribution in [0.1, 0.15) is 42.7 Å². The number of hydrogen-bond acceptors (Lipinski definition) is 4. The molecular weight excluding hydrogens is 319 g/mol. The predicted octanol–water partition coefficient (Wildman–Crippen LogP) is 4.42. The smallest absolute Gasteiger partial charge is 0.416 e. The van der Waals surface area contributed by atoms with Gasteiger partial charge in [0.15, 0.2) is 0 Å². The maximum Gasteiger partial charge on any atom is 0.416 e. The first-order valence-corrected chi connectivity index (χ1v) is 7.39. The van der Waals surface area contributed by atoms with E-state index in [1.165, 1.54) is 6.07 Å². The van der Waals surface area contributed by atoms with E-state index in [1.54, 1.807) is 13.0 Å². The van der Waals surface area contributed by atoms with Crippen molar-refractivity contribution in [1.29, 1.82) is 0 Å². The van der Waals surface area contributed by atoms with Crippen LogP contribution in [-0.4, -0.2) is 10.2 Å². The summed E-state index contributed by atoms with van der Waals surface area (Å²) in [4.78, 5) is 0. The van der Waals surface area contributed by atoms with Crippen LogP contribution in [0.2, 0.25) is 0 Å². The van der Waals surface area contributed by atoms with Gasteiger partial charge in [0.2, 0.25) is 11.8 Å². The summed E-state index contributed by atoms with van der Waals surface area (Å²) < 4.78 is 44.6. The summed E-state index contributed by atoms with van der Waals surface area (Å²) in [6, 6.07) is 5.31. The van der Waals surface area contributed by atoms with Crippen LogP contribution in [0.4, 0.5) is 13.2 Å². The van der Waals surface area contributed by atoms with Gasteiger partial charge < -0.3 is 9.73 Å². The Morgan fingerprint density at radius 2 is 1.88 bits per heavy atom. The Morgan fingerprint density at radius 3 is 2.50 bits per heavy atom. The first-order chi connectivity index (χ1) is 11.3. The minimum atomic E-state index is -4.39. The van der Waals surface area contributed by atoms with Crippen LogP contribution in [0, 0.1) is 6.92 Å². The Hall–Kier alpha value is -2.57. The number of benzene rings is 1. The molecule has 4 nitrogen and oxygen atoms in total. The number of aromatic nitrogens is 2. The fourth-order valence-electron chi connectivity index (χ4n) is 2.84. The maximum absolute atomic E-state index is 13.0. The lowest BCUT2D eigenvalue weighted by atomic mass is 9.86. The van der Waals surface area contributed by atoms with Crippen LogP contribution in [0.5, 0.6) is 0 Å². The second-order valence-corrected chi connectivity index (χ2v) is 5.74. The lowest BCUT2D eigenvalue weighted by Gasteiger charge is -2.25. The zero-order chi connectivity index (χ0) is 17.5. The number of hydrogen-bond donors (Lipinski definition) is 1. The molecule has 24 heavy (non-hydrogen) atoms. The quantitative estimate of drug-likeness (QED) is 0.883. The number of dihydropyridines is 1. The molecule has 0 spiro atoms. The minimum Gasteiger partial charge on any atom is -0.421 e. The number of rotatable bonds is 2. The Bertz CT molecular complexity index is 834. The van der Waals surface area contributed by atoms with E-state index in [4.69, 9.17) is 4.42 Å². The molecule has 2 aromatic rings. The van der Waals surface area contributed by atoms with Crippen LogP contribution in [-0.2, 0) is 6.18 Å². The third-order valence-electron chi connectivity index (χ3n) is 3.85. The van der Waals surface area contributed by atoms with Gasteiger partial charge in [-0.2, -0.15) is 13.2 Å². The third kappa shape index (κ3) is 3.06. The lowest BCUT2D eigenvalue weighted by molar-refractivity contribution is -0.137. The molecule has 1 unspecified atom stereocenters. The molecule has 3 rings (SSSR count). The van der Waals surface area contributed by atoms with Gasteiger partial charge in [-0.15, -0.1) is 10.2 Å². The van der Waals surface area contributed by atoms with Crippen LogP contribution in [0.25, 0.3) is 5.57 Å². The summed E-state index contributed by atoms with van der Waals surface area (Å²) in [6.07, 6.45) is -2.53. The monoisotopic (exact) mass is 335 g/mol. The van der Waals surface area contributed by atoms with Gasteiger partial charge in [-0.25, -0.2) is 0 Å². The molecule has 0 saturated heterocycles. The lowest BCUT2D eigenvalue weighted by Crippen LogP contribution is -2.19. The van der Waals surface area contributed by atoms with Crippen molar-refractivity contribution in [3.05, 3.63) is 64.6 Å². The normalized spacial score (nSPS) is 18.4.